The number of amides is 1. The minimum atomic E-state index is -0.609. The van der Waals surface area contributed by atoms with Crippen molar-refractivity contribution < 1.29 is 19.0 Å². The number of likely N-dealkylation sites (N-methyl/N-ethyl adjacent to an activating group) is 2. The van der Waals surface area contributed by atoms with Gasteiger partial charge in [-0.05, 0) is 134 Å². The van der Waals surface area contributed by atoms with Gasteiger partial charge in [-0.1, -0.05) is 71.7 Å². The summed E-state index contributed by atoms with van der Waals surface area (Å²) in [4.78, 5) is 56.1. The van der Waals surface area contributed by atoms with Gasteiger partial charge in [0.15, 0.2) is 0 Å². The summed E-state index contributed by atoms with van der Waals surface area (Å²) in [6, 6.07) is 26.0. The molecule has 0 unspecified atom stereocenters. The zero-order valence-corrected chi connectivity index (χ0v) is 56.2. The molecule has 4 saturated heterocycles. The Balaban J connectivity index is 0.000000240. The van der Waals surface area contributed by atoms with Gasteiger partial charge in [0.2, 0.25) is 13.1 Å². The van der Waals surface area contributed by atoms with Crippen LogP contribution < -0.4 is 29.1 Å². The Kier molecular flexibility index (Phi) is 24.4. The predicted octanol–water partition coefficient (Wildman–Crippen LogP) is 11.6. The van der Waals surface area contributed by atoms with Crippen molar-refractivity contribution in [1.82, 2.24) is 34.6 Å². The number of carbonyl (C=O) groups excluding carboxylic acids is 1. The van der Waals surface area contributed by atoms with Crippen molar-refractivity contribution in [3.05, 3.63) is 128 Å². The lowest BCUT2D eigenvalue weighted by molar-refractivity contribution is 0.0155. The van der Waals surface area contributed by atoms with Crippen LogP contribution in [0.25, 0.3) is 31.2 Å². The van der Waals surface area contributed by atoms with Crippen LogP contribution in [0.3, 0.4) is 0 Å². The van der Waals surface area contributed by atoms with Crippen molar-refractivity contribution in [3.63, 3.8) is 0 Å². The maximum atomic E-state index is 13.1. The maximum Gasteiger partial charge on any atom is 0.410 e. The Morgan fingerprint density at radius 1 is 0.575 bits per heavy atom. The molecule has 23 heteroatoms. The molecule has 0 saturated carbocycles. The van der Waals surface area contributed by atoms with Gasteiger partial charge in [-0.25, -0.2) is 17.9 Å². The molecule has 1 amide bonds. The Morgan fingerprint density at radius 3 is 1.51 bits per heavy atom. The minimum absolute atomic E-state index is 0. The summed E-state index contributed by atoms with van der Waals surface area (Å²) in [7, 11) is 4.30. The average molecular weight is 1300 g/mol. The lowest BCUT2D eigenvalue weighted by Crippen LogP contribution is -2.57. The number of benzene rings is 4. The number of ether oxygens (including phenoxy) is 3. The first-order valence-electron chi connectivity index (χ1n) is 29.7. The molecule has 12 rings (SSSR count). The zero-order valence-electron chi connectivity index (χ0n) is 50.7. The molecule has 8 heterocycles. The van der Waals surface area contributed by atoms with Crippen molar-refractivity contribution in [2.75, 3.05) is 119 Å². The summed E-state index contributed by atoms with van der Waals surface area (Å²) < 4.78 is 18.3. The molecule has 4 fully saturated rings. The van der Waals surface area contributed by atoms with Gasteiger partial charge in [-0.2, -0.15) is 73.9 Å². The molecule has 0 N–H and O–H groups in total. The second kappa shape index (κ2) is 30.8. The van der Waals surface area contributed by atoms with Crippen LogP contribution in [0.2, 0.25) is 10.0 Å². The van der Waals surface area contributed by atoms with E-state index in [0.717, 1.165) is 156 Å². The lowest BCUT2D eigenvalue weighted by atomic mass is 9.96. The van der Waals surface area contributed by atoms with Crippen LogP contribution in [-0.2, 0) is 30.7 Å². The highest BCUT2D eigenvalue weighted by Crippen LogP contribution is 2.40. The third kappa shape index (κ3) is 15.9. The number of piperidine rings is 1. The number of piperazine rings is 1. The van der Waals surface area contributed by atoms with Gasteiger partial charge in [-0.15, -0.1) is 0 Å². The van der Waals surface area contributed by atoms with Crippen LogP contribution in [0.1, 0.15) is 81.8 Å². The van der Waals surface area contributed by atoms with Gasteiger partial charge in [0.1, 0.15) is 36.5 Å². The van der Waals surface area contributed by atoms with E-state index >= 15 is 0 Å². The highest BCUT2D eigenvalue weighted by Gasteiger charge is 2.38. The van der Waals surface area contributed by atoms with Crippen LogP contribution in [-0.4, -0.2) is 164 Å². The third-order valence-corrected chi connectivity index (χ3v) is 18.1. The Bertz CT molecular complexity index is 3420. The first-order valence-corrected chi connectivity index (χ1v) is 30.4. The number of hydrogen-bond donors (Lipinski definition) is 0. The van der Waals surface area contributed by atoms with E-state index in [4.69, 9.17) is 70.5 Å². The van der Waals surface area contributed by atoms with Gasteiger partial charge in [-0.3, -0.25) is 4.90 Å². The second-order valence-electron chi connectivity index (χ2n) is 24.2. The van der Waals surface area contributed by atoms with Crippen LogP contribution in [0.5, 0.6) is 12.0 Å². The molecule has 0 radical (unpaired) electrons. The summed E-state index contributed by atoms with van der Waals surface area (Å²) in [5, 5.41) is 5.89. The van der Waals surface area contributed by atoms with E-state index < -0.39 is 5.60 Å². The second-order valence-corrected chi connectivity index (χ2v) is 25.0. The standard InChI is InChI=1S/C34H42ClN7O3.C30H35ClN6O.4H2S/c1-34(2,3)45-33(43)42-18-17-41(20-25(42)19-36-4)31-26-14-16-40(29-13-7-10-23-9-6-12-27(35)30(23)29)21-28(26)37-32(38-31)44-22-24-11-8-15-39(24)5;1-32-17-21-7-5-15-37(18-21)29-24-13-16-36(27-12-4-9-22-8-3-11-25(31)28(22)27)19-26(24)33-30(34-29)38-20-23-10-6-14-35(23)2;;;;/h6-7,9-10,12-13,24-25H,8,11,14-22H2,1-3,5H3;3-4,8-9,11-12,21,23H,5-7,10,13-20H2,2H3;4*1H2/t24-,25-;21-,23-;;;;/m00..../s1. The largest absolute Gasteiger partial charge is 0.462 e. The average Bonchev–Trinajstić information content (AvgIpc) is 1.21. The van der Waals surface area contributed by atoms with Crippen LogP contribution in [0.15, 0.2) is 72.8 Å². The number of anilines is 4. The summed E-state index contributed by atoms with van der Waals surface area (Å²) in [6.07, 6.45) is 8.03. The smallest absolute Gasteiger partial charge is 0.410 e. The van der Waals surface area contributed by atoms with Crippen LogP contribution in [0.4, 0.5) is 27.8 Å². The molecule has 4 atom stereocenters. The fourth-order valence-electron chi connectivity index (χ4n) is 13.0. The highest BCUT2D eigenvalue weighted by molar-refractivity contribution is 7.59. The lowest BCUT2D eigenvalue weighted by Gasteiger charge is -2.41. The molecule has 0 aliphatic carbocycles. The Morgan fingerprint density at radius 2 is 1.05 bits per heavy atom. The van der Waals surface area contributed by atoms with E-state index in [1.165, 1.54) is 12.0 Å². The number of fused-ring (bicyclic) bond motifs is 4. The molecule has 17 nitrogen and oxygen atoms in total. The van der Waals surface area contributed by atoms with Crippen molar-refractivity contribution in [1.29, 1.82) is 0 Å². The molecule has 6 aromatic rings. The van der Waals surface area contributed by atoms with Crippen LogP contribution in [0, 0.1) is 19.1 Å². The summed E-state index contributed by atoms with van der Waals surface area (Å²) in [5.41, 5.74) is 5.90. The van der Waals surface area contributed by atoms with E-state index in [2.05, 4.69) is 102 Å². The summed E-state index contributed by atoms with van der Waals surface area (Å²) in [6.45, 7) is 30.9. The number of rotatable bonds is 12. The molecule has 0 bridgehead atoms. The number of hydrogen-bond acceptors (Lipinski definition) is 14. The maximum absolute atomic E-state index is 13.1. The van der Waals surface area contributed by atoms with Gasteiger partial charge < -0.3 is 53.3 Å². The molecular weight excluding hydrogens is 1210 g/mol. The minimum Gasteiger partial charge on any atom is -0.462 e. The van der Waals surface area contributed by atoms with Gasteiger partial charge in [0.25, 0.3) is 0 Å². The number of halogens is 2. The fourth-order valence-corrected chi connectivity index (χ4v) is 13.6. The zero-order chi connectivity index (χ0) is 57.8. The number of nitrogens with zero attached hydrogens (tertiary/aromatic N) is 13. The molecule has 2 aromatic heterocycles. The molecule has 468 valence electrons. The Hall–Kier alpha value is -5.49. The van der Waals surface area contributed by atoms with Crippen molar-refractivity contribution in [3.8, 4) is 12.0 Å². The third-order valence-electron chi connectivity index (χ3n) is 17.4. The first-order chi connectivity index (χ1) is 40.2. The molecular formula is C64H85Cl2N13O4S4. The molecule has 87 heavy (non-hydrogen) atoms. The first kappa shape index (κ1) is 69.0. The molecule has 4 aromatic carbocycles. The van der Waals surface area contributed by atoms with Crippen molar-refractivity contribution >= 4 is 128 Å². The van der Waals surface area contributed by atoms with E-state index in [1.807, 2.05) is 45.0 Å². The fraction of sp³-hybridized carbons (Fsp3) is 0.516. The monoisotopic (exact) mass is 1300 g/mol. The number of aromatic nitrogens is 4. The van der Waals surface area contributed by atoms with Crippen molar-refractivity contribution in [2.45, 2.75) is 109 Å². The normalized spacial score (nSPS) is 20.3. The number of likely N-dealkylation sites (tertiary alicyclic amines) is 2. The van der Waals surface area contributed by atoms with E-state index in [9.17, 15) is 4.79 Å². The quantitative estimate of drug-likeness (QED) is 0.108. The summed E-state index contributed by atoms with van der Waals surface area (Å²) >= 11 is 13.4. The topological polar surface area (TPSA) is 128 Å². The van der Waals surface area contributed by atoms with Gasteiger partial charge >= 0.3 is 18.1 Å². The molecule has 6 aliphatic heterocycles. The number of carbonyl (C=O) groups is 1. The van der Waals surface area contributed by atoms with Crippen LogP contribution >= 0.6 is 77.2 Å². The van der Waals surface area contributed by atoms with Crippen molar-refractivity contribution in [2.24, 2.45) is 5.92 Å². The van der Waals surface area contributed by atoms with E-state index in [-0.39, 0.29) is 72.7 Å². The highest BCUT2D eigenvalue weighted by atomic mass is 35.5. The molecule has 6 aliphatic rings. The van der Waals surface area contributed by atoms with E-state index in [1.54, 1.807) is 4.90 Å². The predicted molar refractivity (Wildman–Crippen MR) is 372 cm³/mol. The van der Waals surface area contributed by atoms with Gasteiger partial charge in [0.05, 0.1) is 34.5 Å². The Labute approximate surface area is 551 Å². The summed E-state index contributed by atoms with van der Waals surface area (Å²) in [5.74, 6) is 2.24. The SMILES string of the molecule is S.S.S.S.[C-]#[N+]C[C@@H]1CCCN(c2nc(OC[C@@H]3CCCN3C)nc3c2CCN(c2cccc4cccc(Cl)c24)C3)C1.[C-]#[N+]C[C@H]1CN(c2nc(OC[C@@H]3CCCN3C)nc3c2CCN(c2cccc4cccc(Cl)c24)C3)CCN1C(=O)OC(C)(C)C. The molecule has 0 spiro atoms. The van der Waals surface area contributed by atoms with Gasteiger partial charge in [0, 0.05) is 97.1 Å². The van der Waals surface area contributed by atoms with E-state index in [0.29, 0.717) is 82.5 Å².